The van der Waals surface area contributed by atoms with Gasteiger partial charge in [-0.1, -0.05) is 0 Å². The molecule has 0 aliphatic carbocycles. The van der Waals surface area contributed by atoms with Crippen molar-refractivity contribution in [1.29, 1.82) is 0 Å². The van der Waals surface area contributed by atoms with Gasteiger partial charge >= 0.3 is 5.97 Å². The summed E-state index contributed by atoms with van der Waals surface area (Å²) >= 11 is 0. The summed E-state index contributed by atoms with van der Waals surface area (Å²) in [4.78, 5) is 14.4. The van der Waals surface area contributed by atoms with Crippen molar-refractivity contribution in [3.05, 3.63) is 24.0 Å². The number of rotatable bonds is 1. The van der Waals surface area contributed by atoms with Crippen molar-refractivity contribution < 1.29 is 14.6 Å². The van der Waals surface area contributed by atoms with Crippen LogP contribution in [0.15, 0.2) is 18.3 Å². The van der Waals surface area contributed by atoms with Crippen molar-refractivity contribution in [2.24, 2.45) is 0 Å². The summed E-state index contributed by atoms with van der Waals surface area (Å²) in [6.45, 7) is 0. The first-order valence-electron chi connectivity index (χ1n) is 2.97. The maximum atomic E-state index is 10.8. The molecule has 0 aliphatic heterocycles. The zero-order chi connectivity index (χ0) is 8.27. The Bertz CT molecular complexity index is 277. The van der Waals surface area contributed by atoms with Crippen LogP contribution in [0, 0.1) is 0 Å². The Kier molecular flexibility index (Phi) is 4.07. The minimum atomic E-state index is -0.555. The zero-order valence-corrected chi connectivity index (χ0v) is 7.17. The van der Waals surface area contributed by atoms with Crippen molar-refractivity contribution in [2.75, 3.05) is 7.11 Å². The molecule has 0 aromatic carbocycles. The lowest BCUT2D eigenvalue weighted by Gasteiger charge is -1.96. The molecule has 1 N–H and O–H groups in total. The van der Waals surface area contributed by atoms with E-state index in [2.05, 4.69) is 9.72 Å². The van der Waals surface area contributed by atoms with E-state index in [1.54, 1.807) is 0 Å². The molecule has 0 atom stereocenters. The van der Waals surface area contributed by atoms with Crippen molar-refractivity contribution in [3.63, 3.8) is 0 Å². The Morgan fingerprint density at radius 3 is 2.83 bits per heavy atom. The van der Waals surface area contributed by atoms with E-state index in [1.807, 2.05) is 0 Å². The van der Waals surface area contributed by atoms with Gasteiger partial charge in [0.2, 0.25) is 0 Å². The Morgan fingerprint density at radius 2 is 2.33 bits per heavy atom. The van der Waals surface area contributed by atoms with E-state index in [-0.39, 0.29) is 23.9 Å². The SMILES string of the molecule is COC(=O)c1cc(O)ccn1.Cl. The standard InChI is InChI=1S/C7H7NO3.ClH/c1-11-7(10)6-4-5(9)2-3-8-6;/h2-4H,1H3,(H,8,9);1H. The Morgan fingerprint density at radius 1 is 1.67 bits per heavy atom. The summed E-state index contributed by atoms with van der Waals surface area (Å²) in [6.07, 6.45) is 1.33. The van der Waals surface area contributed by atoms with Crippen molar-refractivity contribution in [3.8, 4) is 5.75 Å². The largest absolute Gasteiger partial charge is 0.508 e. The number of hydrogen-bond acceptors (Lipinski definition) is 4. The molecule has 1 aromatic rings. The first kappa shape index (κ1) is 10.7. The van der Waals surface area contributed by atoms with Crippen molar-refractivity contribution in [2.45, 2.75) is 0 Å². The number of ether oxygens (including phenoxy) is 1. The van der Waals surface area contributed by atoms with Gasteiger partial charge in [-0.15, -0.1) is 12.4 Å². The molecule has 0 saturated heterocycles. The van der Waals surface area contributed by atoms with Crippen LogP contribution in [0.1, 0.15) is 10.5 Å². The number of esters is 1. The number of methoxy groups -OCH3 is 1. The van der Waals surface area contributed by atoms with Gasteiger partial charge in [0.25, 0.3) is 0 Å². The van der Waals surface area contributed by atoms with Crippen LogP contribution in [0.25, 0.3) is 0 Å². The highest BCUT2D eigenvalue weighted by atomic mass is 35.5. The number of pyridine rings is 1. The first-order chi connectivity index (χ1) is 5.24. The second kappa shape index (κ2) is 4.56. The molecule has 1 heterocycles. The van der Waals surface area contributed by atoms with Gasteiger partial charge in [0.15, 0.2) is 5.69 Å². The molecule has 12 heavy (non-hydrogen) atoms. The summed E-state index contributed by atoms with van der Waals surface area (Å²) in [5.74, 6) is -0.554. The molecule has 0 unspecified atom stereocenters. The molecule has 0 amide bonds. The van der Waals surface area contributed by atoms with Crippen LogP contribution in [0.2, 0.25) is 0 Å². The zero-order valence-electron chi connectivity index (χ0n) is 6.35. The molecule has 0 saturated carbocycles. The molecule has 5 heteroatoms. The molecule has 0 aliphatic rings. The first-order valence-corrected chi connectivity index (χ1v) is 2.97. The molecular formula is C7H8ClNO3. The topological polar surface area (TPSA) is 59.4 Å². The highest BCUT2D eigenvalue weighted by molar-refractivity contribution is 5.87. The minimum Gasteiger partial charge on any atom is -0.508 e. The lowest BCUT2D eigenvalue weighted by molar-refractivity contribution is 0.0593. The number of aromatic hydroxyl groups is 1. The van der Waals surface area contributed by atoms with E-state index in [1.165, 1.54) is 25.4 Å². The monoisotopic (exact) mass is 189 g/mol. The third-order valence-corrected chi connectivity index (χ3v) is 1.14. The predicted octanol–water partition coefficient (Wildman–Crippen LogP) is 0.996. The van der Waals surface area contributed by atoms with E-state index in [4.69, 9.17) is 5.11 Å². The third-order valence-electron chi connectivity index (χ3n) is 1.14. The van der Waals surface area contributed by atoms with Crippen LogP contribution in [0.5, 0.6) is 5.75 Å². The summed E-state index contributed by atoms with van der Waals surface area (Å²) in [7, 11) is 1.26. The van der Waals surface area contributed by atoms with Crippen LogP contribution in [-0.4, -0.2) is 23.2 Å². The third kappa shape index (κ3) is 2.39. The van der Waals surface area contributed by atoms with E-state index in [0.29, 0.717) is 0 Å². The maximum absolute atomic E-state index is 10.8. The fourth-order valence-corrected chi connectivity index (χ4v) is 0.636. The Balaban J connectivity index is 0.00000121. The molecule has 66 valence electrons. The van der Waals surface area contributed by atoms with E-state index >= 15 is 0 Å². The van der Waals surface area contributed by atoms with E-state index in [0.717, 1.165) is 0 Å². The van der Waals surface area contributed by atoms with Crippen molar-refractivity contribution >= 4 is 18.4 Å². The molecule has 1 rings (SSSR count). The highest BCUT2D eigenvalue weighted by Gasteiger charge is 2.05. The molecule has 0 fully saturated rings. The van der Waals surface area contributed by atoms with Gasteiger partial charge in [-0.05, 0) is 6.07 Å². The molecule has 0 radical (unpaired) electrons. The number of aromatic nitrogens is 1. The van der Waals surface area contributed by atoms with E-state index in [9.17, 15) is 4.79 Å². The van der Waals surface area contributed by atoms with Crippen molar-refractivity contribution in [1.82, 2.24) is 4.98 Å². The van der Waals surface area contributed by atoms with Gasteiger partial charge in [-0.3, -0.25) is 0 Å². The van der Waals surface area contributed by atoms with E-state index < -0.39 is 5.97 Å². The average molecular weight is 190 g/mol. The summed E-state index contributed by atoms with van der Waals surface area (Å²) in [5, 5.41) is 8.91. The van der Waals surface area contributed by atoms with Gasteiger partial charge in [-0.25, -0.2) is 9.78 Å². The fourth-order valence-electron chi connectivity index (χ4n) is 0.636. The van der Waals surface area contributed by atoms with Crippen LogP contribution in [0.3, 0.4) is 0 Å². The summed E-state index contributed by atoms with van der Waals surface area (Å²) < 4.78 is 4.38. The Labute approximate surface area is 75.6 Å². The lowest BCUT2D eigenvalue weighted by atomic mass is 10.3. The van der Waals surface area contributed by atoms with Crippen LogP contribution in [0.4, 0.5) is 0 Å². The predicted molar refractivity (Wildman–Crippen MR) is 44.5 cm³/mol. The van der Waals surface area contributed by atoms with Crippen LogP contribution in [-0.2, 0) is 4.74 Å². The smallest absolute Gasteiger partial charge is 0.356 e. The number of nitrogens with zero attached hydrogens (tertiary/aromatic N) is 1. The van der Waals surface area contributed by atoms with Gasteiger partial charge in [0, 0.05) is 12.3 Å². The molecule has 0 spiro atoms. The molecule has 1 aromatic heterocycles. The van der Waals surface area contributed by atoms with Gasteiger partial charge in [0.05, 0.1) is 7.11 Å². The Hall–Kier alpha value is -1.29. The van der Waals surface area contributed by atoms with Crippen LogP contribution >= 0.6 is 12.4 Å². The van der Waals surface area contributed by atoms with Gasteiger partial charge in [-0.2, -0.15) is 0 Å². The quantitative estimate of drug-likeness (QED) is 0.670. The second-order valence-electron chi connectivity index (χ2n) is 1.89. The molecule has 0 bridgehead atoms. The normalized spacial score (nSPS) is 8.42. The second-order valence-corrected chi connectivity index (χ2v) is 1.89. The lowest BCUT2D eigenvalue weighted by Crippen LogP contribution is -2.02. The maximum Gasteiger partial charge on any atom is 0.356 e. The number of carbonyl (C=O) groups is 1. The fraction of sp³-hybridized carbons (Fsp3) is 0.143. The number of halogens is 1. The molecular weight excluding hydrogens is 182 g/mol. The summed E-state index contributed by atoms with van der Waals surface area (Å²) in [5.41, 5.74) is 0.104. The van der Waals surface area contributed by atoms with Gasteiger partial charge in [0.1, 0.15) is 5.75 Å². The number of carbonyl (C=O) groups excluding carboxylic acids is 1. The minimum absolute atomic E-state index is 0. The average Bonchev–Trinajstić information content (AvgIpc) is 2.03. The highest BCUT2D eigenvalue weighted by Crippen LogP contribution is 2.08. The molecule has 4 nitrogen and oxygen atoms in total. The number of hydrogen-bond donors (Lipinski definition) is 1. The van der Waals surface area contributed by atoms with Crippen LogP contribution < -0.4 is 0 Å². The van der Waals surface area contributed by atoms with Gasteiger partial charge < -0.3 is 9.84 Å². The summed E-state index contributed by atoms with van der Waals surface area (Å²) in [6, 6.07) is 2.62.